The largest absolute Gasteiger partial charge is 0.382 e. The third-order valence-electron chi connectivity index (χ3n) is 4.25. The summed E-state index contributed by atoms with van der Waals surface area (Å²) in [6.45, 7) is 1.91. The maximum atomic E-state index is 6.20. The summed E-state index contributed by atoms with van der Waals surface area (Å²) < 4.78 is 1.53. The van der Waals surface area contributed by atoms with E-state index in [9.17, 15) is 0 Å². The maximum absolute atomic E-state index is 6.20. The molecule has 2 N–H and O–H groups in total. The summed E-state index contributed by atoms with van der Waals surface area (Å²) in [5.41, 5.74) is 9.00. The Morgan fingerprint density at radius 1 is 1.26 bits per heavy atom. The first kappa shape index (κ1) is 13.8. The lowest BCUT2D eigenvalue weighted by molar-refractivity contribution is 0.749. The zero-order valence-corrected chi connectivity index (χ0v) is 12.9. The fourth-order valence-corrected chi connectivity index (χ4v) is 2.85. The number of hydrogen-bond donors (Lipinski definition) is 1. The number of rotatable bonds is 2. The van der Waals surface area contributed by atoms with Gasteiger partial charge in [0.1, 0.15) is 12.1 Å². The molecule has 0 aliphatic heterocycles. The van der Waals surface area contributed by atoms with Gasteiger partial charge in [-0.3, -0.25) is 0 Å². The van der Waals surface area contributed by atoms with E-state index in [0.29, 0.717) is 17.5 Å². The molecule has 3 aromatic rings. The molecule has 0 bridgehead atoms. The summed E-state index contributed by atoms with van der Waals surface area (Å²) in [6, 6.07) is 10.5. The molecule has 1 fully saturated rings. The normalized spacial score (nSPS) is 15.2. The van der Waals surface area contributed by atoms with Crippen molar-refractivity contribution in [2.75, 3.05) is 5.73 Å². The number of nitrogen functional groups attached to an aromatic ring is 1. The summed E-state index contributed by atoms with van der Waals surface area (Å²) in [5, 5.41) is 4.10. The van der Waals surface area contributed by atoms with Crippen LogP contribution in [0.15, 0.2) is 36.7 Å². The fraction of sp³-hybridized carbons (Fsp3) is 0.278. The molecule has 1 saturated carbocycles. The summed E-state index contributed by atoms with van der Waals surface area (Å²) in [5.74, 6) is 8.58. The number of aromatic nitrogens is 4. The highest BCUT2D eigenvalue weighted by Crippen LogP contribution is 2.42. The monoisotopic (exact) mass is 303 g/mol. The van der Waals surface area contributed by atoms with Crippen molar-refractivity contribution in [3.63, 3.8) is 0 Å². The number of benzene rings is 1. The molecular weight excluding hydrogens is 286 g/mol. The Kier molecular flexibility index (Phi) is 3.23. The van der Waals surface area contributed by atoms with E-state index < -0.39 is 0 Å². The lowest BCUT2D eigenvalue weighted by Gasteiger charge is -2.10. The predicted molar refractivity (Wildman–Crippen MR) is 88.7 cm³/mol. The van der Waals surface area contributed by atoms with E-state index in [-0.39, 0.29) is 5.92 Å². The van der Waals surface area contributed by atoms with Crippen LogP contribution in [0.1, 0.15) is 35.6 Å². The van der Waals surface area contributed by atoms with Crippen molar-refractivity contribution < 1.29 is 0 Å². The van der Waals surface area contributed by atoms with Crippen LogP contribution in [0.2, 0.25) is 0 Å². The molecule has 5 nitrogen and oxygen atoms in total. The quantitative estimate of drug-likeness (QED) is 0.739. The molecule has 0 spiro atoms. The molecule has 1 aliphatic rings. The maximum Gasteiger partial charge on any atom is 0.254 e. The van der Waals surface area contributed by atoms with Crippen molar-refractivity contribution in [3.05, 3.63) is 53.5 Å². The molecule has 1 atom stereocenters. The van der Waals surface area contributed by atoms with Gasteiger partial charge in [-0.1, -0.05) is 42.2 Å². The van der Waals surface area contributed by atoms with Crippen LogP contribution in [0.5, 0.6) is 0 Å². The summed E-state index contributed by atoms with van der Waals surface area (Å²) in [6.07, 6.45) is 3.93. The van der Waals surface area contributed by atoms with Crippen molar-refractivity contribution in [1.29, 1.82) is 0 Å². The molecule has 4 rings (SSSR count). The first-order valence-electron chi connectivity index (χ1n) is 7.76. The Labute approximate surface area is 134 Å². The van der Waals surface area contributed by atoms with Crippen LogP contribution in [0.3, 0.4) is 0 Å². The van der Waals surface area contributed by atoms with Crippen molar-refractivity contribution >= 4 is 11.6 Å². The van der Waals surface area contributed by atoms with Crippen LogP contribution < -0.4 is 5.73 Å². The van der Waals surface area contributed by atoms with Gasteiger partial charge < -0.3 is 5.73 Å². The molecule has 23 heavy (non-hydrogen) atoms. The second kappa shape index (κ2) is 5.40. The first-order valence-corrected chi connectivity index (χ1v) is 7.76. The van der Waals surface area contributed by atoms with Gasteiger partial charge in [-0.15, -0.1) is 0 Å². The van der Waals surface area contributed by atoms with E-state index in [1.807, 2.05) is 13.0 Å². The second-order valence-corrected chi connectivity index (χ2v) is 5.92. The summed E-state index contributed by atoms with van der Waals surface area (Å²) in [4.78, 5) is 8.49. The van der Waals surface area contributed by atoms with Crippen LogP contribution >= 0.6 is 0 Å². The van der Waals surface area contributed by atoms with Crippen LogP contribution in [0.25, 0.3) is 5.78 Å². The highest BCUT2D eigenvalue weighted by molar-refractivity contribution is 5.58. The number of aryl methyl sites for hydroxylation is 1. The zero-order valence-electron chi connectivity index (χ0n) is 12.9. The minimum atomic E-state index is 0.251. The van der Waals surface area contributed by atoms with Gasteiger partial charge >= 0.3 is 0 Å². The summed E-state index contributed by atoms with van der Waals surface area (Å²) in [7, 11) is 0. The Morgan fingerprint density at radius 2 is 2.04 bits per heavy atom. The zero-order chi connectivity index (χ0) is 15.8. The van der Waals surface area contributed by atoms with E-state index in [0.717, 1.165) is 11.3 Å². The van der Waals surface area contributed by atoms with Crippen molar-refractivity contribution in [2.45, 2.75) is 25.7 Å². The molecule has 1 unspecified atom stereocenters. The van der Waals surface area contributed by atoms with Crippen molar-refractivity contribution in [1.82, 2.24) is 19.6 Å². The fourth-order valence-electron chi connectivity index (χ4n) is 2.85. The van der Waals surface area contributed by atoms with E-state index in [2.05, 4.69) is 51.2 Å². The highest BCUT2D eigenvalue weighted by atomic mass is 15.3. The first-order chi connectivity index (χ1) is 11.2. The van der Waals surface area contributed by atoms with Crippen LogP contribution in [0, 0.1) is 24.7 Å². The van der Waals surface area contributed by atoms with Gasteiger partial charge in [-0.2, -0.15) is 14.6 Å². The molecule has 114 valence electrons. The lowest BCUT2D eigenvalue weighted by Crippen LogP contribution is -2.06. The van der Waals surface area contributed by atoms with Crippen molar-refractivity contribution in [3.8, 4) is 11.8 Å². The van der Waals surface area contributed by atoms with Gasteiger partial charge in [-0.05, 0) is 31.2 Å². The minimum Gasteiger partial charge on any atom is -0.382 e. The topological polar surface area (TPSA) is 69.1 Å². The Hall–Kier alpha value is -2.87. The molecular formula is C18H17N5. The van der Waals surface area contributed by atoms with Crippen LogP contribution in [-0.4, -0.2) is 19.6 Å². The molecule has 1 aromatic carbocycles. The third kappa shape index (κ3) is 2.53. The SMILES string of the molecule is Cc1nc2ncnn2c(N)c1C#CC(c1ccccc1)C1CC1. The minimum absolute atomic E-state index is 0.251. The third-order valence-corrected chi connectivity index (χ3v) is 4.25. The van der Waals surface area contributed by atoms with Gasteiger partial charge in [0.25, 0.3) is 5.78 Å². The highest BCUT2D eigenvalue weighted by Gasteiger charge is 2.31. The van der Waals surface area contributed by atoms with Gasteiger partial charge in [0.2, 0.25) is 0 Å². The van der Waals surface area contributed by atoms with Gasteiger partial charge in [-0.25, -0.2) is 4.98 Å². The van der Waals surface area contributed by atoms with Gasteiger partial charge in [0.05, 0.1) is 11.3 Å². The molecule has 1 aliphatic carbocycles. The van der Waals surface area contributed by atoms with E-state index in [1.54, 1.807) is 0 Å². The lowest BCUT2D eigenvalue weighted by atomic mass is 9.94. The predicted octanol–water partition coefficient (Wildman–Crippen LogP) is 2.56. The Bertz CT molecular complexity index is 913. The molecule has 2 heterocycles. The Balaban J connectivity index is 1.77. The van der Waals surface area contributed by atoms with Gasteiger partial charge in [0.15, 0.2) is 0 Å². The average molecular weight is 303 g/mol. The molecule has 0 amide bonds. The Morgan fingerprint density at radius 3 is 2.78 bits per heavy atom. The number of fused-ring (bicyclic) bond motifs is 1. The number of anilines is 1. The van der Waals surface area contributed by atoms with Crippen LogP contribution in [0.4, 0.5) is 5.82 Å². The second-order valence-electron chi connectivity index (χ2n) is 5.92. The molecule has 2 aromatic heterocycles. The summed E-state index contributed by atoms with van der Waals surface area (Å²) >= 11 is 0. The van der Waals surface area contributed by atoms with E-state index >= 15 is 0 Å². The van der Waals surface area contributed by atoms with Crippen molar-refractivity contribution in [2.24, 2.45) is 5.92 Å². The standard InChI is InChI=1S/C18H17N5/c1-12-15(17(19)23-18(22-12)20-11-21-23)9-10-16(14-7-8-14)13-5-3-2-4-6-13/h2-6,11,14,16H,7-8,19H2,1H3. The van der Waals surface area contributed by atoms with Crippen LogP contribution in [-0.2, 0) is 0 Å². The molecule has 5 heteroatoms. The molecule has 0 radical (unpaired) electrons. The average Bonchev–Trinajstić information content (AvgIpc) is 3.29. The van der Waals surface area contributed by atoms with Gasteiger partial charge in [0, 0.05) is 5.92 Å². The van der Waals surface area contributed by atoms with E-state index in [1.165, 1.54) is 29.2 Å². The van der Waals surface area contributed by atoms with E-state index in [4.69, 9.17) is 5.73 Å². The number of nitrogens with zero attached hydrogens (tertiary/aromatic N) is 4. The smallest absolute Gasteiger partial charge is 0.254 e. The molecule has 0 saturated heterocycles. The number of hydrogen-bond acceptors (Lipinski definition) is 4. The number of nitrogens with two attached hydrogens (primary N) is 1.